The zero-order valence-corrected chi connectivity index (χ0v) is 11.1. The van der Waals surface area contributed by atoms with Gasteiger partial charge >= 0.3 is 0 Å². The molecule has 2 heterocycles. The van der Waals surface area contributed by atoms with Crippen LogP contribution in [0.5, 0.6) is 0 Å². The molecule has 1 N–H and O–H groups in total. The predicted molar refractivity (Wildman–Crippen MR) is 68.6 cm³/mol. The predicted octanol–water partition coefficient (Wildman–Crippen LogP) is 1.67. The van der Waals surface area contributed by atoms with E-state index in [0.717, 1.165) is 30.1 Å². The normalized spacial score (nSPS) is 20.8. The Hall–Kier alpha value is -0.680. The Morgan fingerprint density at radius 2 is 2.25 bits per heavy atom. The van der Waals surface area contributed by atoms with Crippen LogP contribution >= 0.6 is 15.9 Å². The molecule has 0 bridgehead atoms. The maximum absolute atomic E-state index is 4.29. The van der Waals surface area contributed by atoms with E-state index in [-0.39, 0.29) is 0 Å². The van der Waals surface area contributed by atoms with Crippen molar-refractivity contribution in [2.24, 2.45) is 5.92 Å². The van der Waals surface area contributed by atoms with Crippen molar-refractivity contribution < 1.29 is 0 Å². The summed E-state index contributed by atoms with van der Waals surface area (Å²) in [5.41, 5.74) is 0. The number of nitrogens with zero attached hydrogens (tertiary/aromatic N) is 3. The van der Waals surface area contributed by atoms with Crippen molar-refractivity contribution in [3.63, 3.8) is 0 Å². The van der Waals surface area contributed by atoms with Crippen LogP contribution in [0.4, 0.5) is 5.95 Å². The Morgan fingerprint density at radius 3 is 2.88 bits per heavy atom. The number of hydrogen-bond acceptors (Lipinski definition) is 4. The summed E-state index contributed by atoms with van der Waals surface area (Å²) in [6, 6.07) is 0. The van der Waals surface area contributed by atoms with E-state index in [1.54, 1.807) is 12.4 Å². The second kappa shape index (κ2) is 5.59. The van der Waals surface area contributed by atoms with Crippen LogP contribution < -0.4 is 10.2 Å². The van der Waals surface area contributed by atoms with Crippen molar-refractivity contribution >= 4 is 21.9 Å². The third kappa shape index (κ3) is 3.15. The lowest BCUT2D eigenvalue weighted by Crippen LogP contribution is -2.37. The van der Waals surface area contributed by atoms with Crippen LogP contribution in [0.3, 0.4) is 0 Å². The minimum atomic E-state index is 0.714. The fourth-order valence-electron chi connectivity index (χ4n) is 2.05. The summed E-state index contributed by atoms with van der Waals surface area (Å²) >= 11 is 3.34. The van der Waals surface area contributed by atoms with Crippen molar-refractivity contribution in [2.45, 2.75) is 12.8 Å². The van der Waals surface area contributed by atoms with E-state index >= 15 is 0 Å². The largest absolute Gasteiger partial charge is 0.344 e. The van der Waals surface area contributed by atoms with Gasteiger partial charge in [-0.3, -0.25) is 0 Å². The van der Waals surface area contributed by atoms with Gasteiger partial charge in [-0.05, 0) is 47.8 Å². The lowest BCUT2D eigenvalue weighted by molar-refractivity contribution is 0.380. The van der Waals surface area contributed by atoms with Crippen molar-refractivity contribution in [3.05, 3.63) is 16.9 Å². The Morgan fingerprint density at radius 1 is 1.50 bits per heavy atom. The molecule has 1 aromatic heterocycles. The van der Waals surface area contributed by atoms with Crippen LogP contribution in [0, 0.1) is 5.92 Å². The number of rotatable bonds is 3. The van der Waals surface area contributed by atoms with Gasteiger partial charge in [0, 0.05) is 26.0 Å². The first kappa shape index (κ1) is 11.8. The molecule has 2 rings (SSSR count). The Bertz CT molecular complexity index is 321. The van der Waals surface area contributed by atoms with Crippen LogP contribution in [0.1, 0.15) is 12.8 Å². The molecule has 0 spiro atoms. The monoisotopic (exact) mass is 284 g/mol. The average molecular weight is 285 g/mol. The van der Waals surface area contributed by atoms with Crippen molar-refractivity contribution in [1.29, 1.82) is 0 Å². The molecule has 1 atom stereocenters. The summed E-state index contributed by atoms with van der Waals surface area (Å²) in [5.74, 6) is 1.51. The Labute approximate surface area is 105 Å². The van der Waals surface area contributed by atoms with Crippen LogP contribution in [0.15, 0.2) is 16.9 Å². The van der Waals surface area contributed by atoms with E-state index in [4.69, 9.17) is 0 Å². The third-order valence-electron chi connectivity index (χ3n) is 2.88. The molecule has 1 aliphatic rings. The lowest BCUT2D eigenvalue weighted by Gasteiger charge is -2.27. The average Bonchev–Trinajstić information content (AvgIpc) is 2.31. The number of halogens is 1. The van der Waals surface area contributed by atoms with E-state index in [1.807, 2.05) is 0 Å². The molecular formula is C11H17BrN4. The standard InChI is InChI=1S/C11H17BrN4/c1-16(8-9-3-2-4-13-5-9)11-14-6-10(12)7-15-11/h6-7,9,13H,2-5,8H2,1H3. The Kier molecular flexibility index (Phi) is 4.12. The molecule has 0 aromatic carbocycles. The second-order valence-corrected chi connectivity index (χ2v) is 5.21. The molecule has 1 unspecified atom stereocenters. The van der Waals surface area contributed by atoms with Crippen LogP contribution in [-0.4, -0.2) is 36.6 Å². The van der Waals surface area contributed by atoms with Gasteiger partial charge in [-0.15, -0.1) is 0 Å². The summed E-state index contributed by atoms with van der Waals surface area (Å²) < 4.78 is 0.920. The zero-order valence-electron chi connectivity index (χ0n) is 9.49. The van der Waals surface area contributed by atoms with Crippen molar-refractivity contribution in [3.8, 4) is 0 Å². The van der Waals surface area contributed by atoms with Gasteiger partial charge in [0.1, 0.15) is 0 Å². The summed E-state index contributed by atoms with van der Waals surface area (Å²) in [5, 5.41) is 3.43. The number of hydrogen-bond donors (Lipinski definition) is 1. The molecule has 4 nitrogen and oxygen atoms in total. The first-order chi connectivity index (χ1) is 7.75. The van der Waals surface area contributed by atoms with Gasteiger partial charge in [-0.25, -0.2) is 9.97 Å². The summed E-state index contributed by atoms with van der Waals surface area (Å²) in [4.78, 5) is 10.7. The van der Waals surface area contributed by atoms with E-state index in [0.29, 0.717) is 5.92 Å². The molecule has 0 amide bonds. The summed E-state index contributed by atoms with van der Waals surface area (Å²) in [7, 11) is 2.05. The molecule has 0 aliphatic carbocycles. The highest BCUT2D eigenvalue weighted by atomic mass is 79.9. The van der Waals surface area contributed by atoms with Crippen LogP contribution in [-0.2, 0) is 0 Å². The topological polar surface area (TPSA) is 41.0 Å². The van der Waals surface area contributed by atoms with Gasteiger partial charge in [0.05, 0.1) is 4.47 Å². The first-order valence-corrected chi connectivity index (χ1v) is 6.44. The van der Waals surface area contributed by atoms with E-state index in [2.05, 4.69) is 43.2 Å². The quantitative estimate of drug-likeness (QED) is 0.917. The third-order valence-corrected chi connectivity index (χ3v) is 3.29. The number of nitrogens with one attached hydrogen (secondary N) is 1. The minimum absolute atomic E-state index is 0.714. The molecule has 0 radical (unpaired) electrons. The highest BCUT2D eigenvalue weighted by Gasteiger charge is 2.16. The fourth-order valence-corrected chi connectivity index (χ4v) is 2.26. The summed E-state index contributed by atoms with van der Waals surface area (Å²) in [6.07, 6.45) is 6.16. The molecular weight excluding hydrogens is 268 g/mol. The second-order valence-electron chi connectivity index (χ2n) is 4.29. The SMILES string of the molecule is CN(CC1CCCNC1)c1ncc(Br)cn1. The van der Waals surface area contributed by atoms with Gasteiger partial charge in [-0.2, -0.15) is 0 Å². The number of aromatic nitrogens is 2. The minimum Gasteiger partial charge on any atom is -0.344 e. The molecule has 1 fully saturated rings. The fraction of sp³-hybridized carbons (Fsp3) is 0.636. The van der Waals surface area contributed by atoms with Gasteiger partial charge in [0.2, 0.25) is 5.95 Å². The molecule has 88 valence electrons. The highest BCUT2D eigenvalue weighted by Crippen LogP contribution is 2.15. The molecule has 0 saturated carbocycles. The molecule has 5 heteroatoms. The molecule has 16 heavy (non-hydrogen) atoms. The van der Waals surface area contributed by atoms with Gasteiger partial charge in [0.15, 0.2) is 0 Å². The number of anilines is 1. The molecule has 1 saturated heterocycles. The zero-order chi connectivity index (χ0) is 11.4. The van der Waals surface area contributed by atoms with Crippen LogP contribution in [0.2, 0.25) is 0 Å². The highest BCUT2D eigenvalue weighted by molar-refractivity contribution is 9.10. The van der Waals surface area contributed by atoms with E-state index in [1.165, 1.54) is 12.8 Å². The maximum Gasteiger partial charge on any atom is 0.225 e. The smallest absolute Gasteiger partial charge is 0.225 e. The maximum atomic E-state index is 4.29. The van der Waals surface area contributed by atoms with Gasteiger partial charge in [0.25, 0.3) is 0 Å². The van der Waals surface area contributed by atoms with Crippen LogP contribution in [0.25, 0.3) is 0 Å². The number of piperidine rings is 1. The molecule has 1 aliphatic heterocycles. The van der Waals surface area contributed by atoms with Gasteiger partial charge < -0.3 is 10.2 Å². The lowest BCUT2D eigenvalue weighted by atomic mass is 9.99. The van der Waals surface area contributed by atoms with E-state index in [9.17, 15) is 0 Å². The molecule has 1 aromatic rings. The Balaban J connectivity index is 1.91. The van der Waals surface area contributed by atoms with Gasteiger partial charge in [-0.1, -0.05) is 0 Å². The summed E-state index contributed by atoms with van der Waals surface area (Å²) in [6.45, 7) is 3.30. The van der Waals surface area contributed by atoms with Crippen molar-refractivity contribution in [2.75, 3.05) is 31.6 Å². The van der Waals surface area contributed by atoms with E-state index < -0.39 is 0 Å². The first-order valence-electron chi connectivity index (χ1n) is 5.65. The van der Waals surface area contributed by atoms with Crippen molar-refractivity contribution in [1.82, 2.24) is 15.3 Å².